The van der Waals surface area contributed by atoms with Crippen molar-refractivity contribution in [2.75, 3.05) is 13.2 Å². The van der Waals surface area contributed by atoms with Crippen LogP contribution in [0.5, 0.6) is 5.75 Å². The second-order valence-electron chi connectivity index (χ2n) is 8.22. The minimum absolute atomic E-state index is 0.0150. The van der Waals surface area contributed by atoms with E-state index in [-0.39, 0.29) is 23.6 Å². The molecule has 1 amide bonds. The third-order valence-corrected chi connectivity index (χ3v) is 7.27. The Balaban J connectivity index is 1.49. The molecule has 1 aliphatic heterocycles. The highest BCUT2D eigenvalue weighted by Crippen LogP contribution is 2.51. The van der Waals surface area contributed by atoms with Gasteiger partial charge in [0.05, 0.1) is 22.1 Å². The van der Waals surface area contributed by atoms with Crippen molar-refractivity contribution >= 4 is 34.8 Å². The van der Waals surface area contributed by atoms with E-state index in [1.165, 1.54) is 23.5 Å². The SMILES string of the molecule is O=C(O)COc1ccc(Cl)cc1C1c2scnc2CCN1C(=O)[C@@H]1C[C@H]1c1cccc(F)c1. The van der Waals surface area contributed by atoms with Crippen LogP contribution in [0.25, 0.3) is 0 Å². The van der Waals surface area contributed by atoms with Gasteiger partial charge < -0.3 is 14.7 Å². The highest BCUT2D eigenvalue weighted by Gasteiger charge is 2.48. The van der Waals surface area contributed by atoms with Gasteiger partial charge in [-0.05, 0) is 48.2 Å². The van der Waals surface area contributed by atoms with Gasteiger partial charge in [-0.15, -0.1) is 11.3 Å². The summed E-state index contributed by atoms with van der Waals surface area (Å²) in [5, 5.41) is 9.54. The van der Waals surface area contributed by atoms with Crippen LogP contribution in [0.2, 0.25) is 5.02 Å². The molecule has 2 aromatic carbocycles. The predicted molar refractivity (Wildman–Crippen MR) is 121 cm³/mol. The third-order valence-electron chi connectivity index (χ3n) is 6.11. The van der Waals surface area contributed by atoms with Crippen LogP contribution in [0.3, 0.4) is 0 Å². The molecule has 1 unspecified atom stereocenters. The average molecular weight is 487 g/mol. The van der Waals surface area contributed by atoms with Crippen LogP contribution in [0.15, 0.2) is 48.0 Å². The number of rotatable bonds is 6. The summed E-state index contributed by atoms with van der Waals surface area (Å²) in [6, 6.07) is 10.9. The zero-order chi connectivity index (χ0) is 23.1. The van der Waals surface area contributed by atoms with Crippen LogP contribution in [0.1, 0.15) is 40.1 Å². The first-order chi connectivity index (χ1) is 15.9. The Morgan fingerprint density at radius 3 is 2.91 bits per heavy atom. The number of carboxylic acid groups (broad SMARTS) is 1. The molecule has 1 fully saturated rings. The Morgan fingerprint density at radius 2 is 2.12 bits per heavy atom. The lowest BCUT2D eigenvalue weighted by molar-refractivity contribution is -0.139. The monoisotopic (exact) mass is 486 g/mol. The van der Waals surface area contributed by atoms with E-state index >= 15 is 0 Å². The lowest BCUT2D eigenvalue weighted by Gasteiger charge is -2.36. The Bertz CT molecular complexity index is 1230. The van der Waals surface area contributed by atoms with Gasteiger partial charge in [0.2, 0.25) is 5.91 Å². The largest absolute Gasteiger partial charge is 0.482 e. The molecule has 1 aliphatic carbocycles. The number of nitrogens with zero attached hydrogens (tertiary/aromatic N) is 2. The van der Waals surface area contributed by atoms with E-state index in [4.69, 9.17) is 21.4 Å². The van der Waals surface area contributed by atoms with E-state index in [0.717, 1.165) is 16.1 Å². The van der Waals surface area contributed by atoms with E-state index in [9.17, 15) is 14.0 Å². The van der Waals surface area contributed by atoms with E-state index in [1.54, 1.807) is 29.8 Å². The molecule has 0 spiro atoms. The third kappa shape index (κ3) is 4.32. The Labute approximate surface area is 198 Å². The number of aliphatic carboxylic acids is 1. The van der Waals surface area contributed by atoms with Gasteiger partial charge in [-0.1, -0.05) is 23.7 Å². The minimum Gasteiger partial charge on any atom is -0.482 e. The van der Waals surface area contributed by atoms with Crippen molar-refractivity contribution in [3.8, 4) is 5.75 Å². The molecular formula is C24H20ClFN2O4S. The molecule has 9 heteroatoms. The molecule has 3 aromatic rings. The Hall–Kier alpha value is -2.97. The lowest BCUT2D eigenvalue weighted by Crippen LogP contribution is -2.41. The molecule has 6 nitrogen and oxygen atoms in total. The molecule has 1 aromatic heterocycles. The van der Waals surface area contributed by atoms with Crippen LogP contribution in [-0.2, 0) is 16.0 Å². The Kier molecular flexibility index (Phi) is 5.80. The number of halogens is 2. The summed E-state index contributed by atoms with van der Waals surface area (Å²) in [6.45, 7) is -0.0351. The van der Waals surface area contributed by atoms with Crippen molar-refractivity contribution in [2.45, 2.75) is 24.8 Å². The number of ether oxygens (including phenoxy) is 1. The molecule has 1 N–H and O–H groups in total. The van der Waals surface area contributed by atoms with Crippen molar-refractivity contribution in [3.63, 3.8) is 0 Å². The molecule has 33 heavy (non-hydrogen) atoms. The summed E-state index contributed by atoms with van der Waals surface area (Å²) in [7, 11) is 0. The van der Waals surface area contributed by atoms with Gasteiger partial charge in [0.15, 0.2) is 6.61 Å². The highest BCUT2D eigenvalue weighted by atomic mass is 35.5. The minimum atomic E-state index is -1.10. The first-order valence-electron chi connectivity index (χ1n) is 10.5. The molecular weight excluding hydrogens is 467 g/mol. The summed E-state index contributed by atoms with van der Waals surface area (Å²) in [4.78, 5) is 31.9. The molecule has 1 saturated carbocycles. The normalized spacial score (nSPS) is 21.4. The summed E-state index contributed by atoms with van der Waals surface area (Å²) in [5.74, 6) is -1.30. The maximum absolute atomic E-state index is 13.7. The summed E-state index contributed by atoms with van der Waals surface area (Å²) >= 11 is 7.75. The zero-order valence-corrected chi connectivity index (χ0v) is 19.0. The maximum Gasteiger partial charge on any atom is 0.341 e. The van der Waals surface area contributed by atoms with Crippen molar-refractivity contribution in [2.24, 2.45) is 5.92 Å². The summed E-state index contributed by atoms with van der Waals surface area (Å²) in [6.07, 6.45) is 1.29. The number of thiazole rings is 1. The summed E-state index contributed by atoms with van der Waals surface area (Å²) < 4.78 is 19.2. The van der Waals surface area contributed by atoms with Crippen molar-refractivity contribution < 1.29 is 23.8 Å². The fourth-order valence-electron chi connectivity index (χ4n) is 4.52. The molecule has 0 radical (unpaired) electrons. The number of amides is 1. The smallest absolute Gasteiger partial charge is 0.341 e. The Morgan fingerprint density at radius 1 is 1.27 bits per heavy atom. The number of hydrogen-bond donors (Lipinski definition) is 1. The van der Waals surface area contributed by atoms with Crippen LogP contribution in [0.4, 0.5) is 4.39 Å². The lowest BCUT2D eigenvalue weighted by atomic mass is 9.95. The van der Waals surface area contributed by atoms with Crippen LogP contribution >= 0.6 is 22.9 Å². The van der Waals surface area contributed by atoms with Crippen molar-refractivity contribution in [3.05, 3.63) is 80.5 Å². The van der Waals surface area contributed by atoms with Gasteiger partial charge in [-0.3, -0.25) is 4.79 Å². The highest BCUT2D eigenvalue weighted by molar-refractivity contribution is 7.09. The van der Waals surface area contributed by atoms with Gasteiger partial charge in [0, 0.05) is 29.5 Å². The first-order valence-corrected chi connectivity index (χ1v) is 11.8. The van der Waals surface area contributed by atoms with Gasteiger partial charge in [0.1, 0.15) is 11.6 Å². The van der Waals surface area contributed by atoms with Crippen LogP contribution in [-0.4, -0.2) is 40.0 Å². The van der Waals surface area contributed by atoms with Crippen molar-refractivity contribution in [1.29, 1.82) is 0 Å². The quantitative estimate of drug-likeness (QED) is 0.547. The topological polar surface area (TPSA) is 79.7 Å². The number of carbonyl (C=O) groups excluding carboxylic acids is 1. The number of carboxylic acids is 1. The number of carbonyl (C=O) groups is 2. The number of hydrogen-bond acceptors (Lipinski definition) is 5. The van der Waals surface area contributed by atoms with Crippen LogP contribution < -0.4 is 4.74 Å². The fraction of sp³-hybridized carbons (Fsp3) is 0.292. The maximum atomic E-state index is 13.7. The second-order valence-corrected chi connectivity index (χ2v) is 9.54. The number of fused-ring (bicyclic) bond motifs is 1. The molecule has 3 atom stereocenters. The molecule has 170 valence electrons. The average Bonchev–Trinajstić information content (AvgIpc) is 3.45. The van der Waals surface area contributed by atoms with Gasteiger partial charge in [-0.2, -0.15) is 0 Å². The molecule has 0 saturated heterocycles. The predicted octanol–water partition coefficient (Wildman–Crippen LogP) is 4.68. The first kappa shape index (κ1) is 21.9. The van der Waals surface area contributed by atoms with Gasteiger partial charge >= 0.3 is 5.97 Å². The second kappa shape index (κ2) is 8.76. The number of benzene rings is 2. The zero-order valence-electron chi connectivity index (χ0n) is 17.4. The molecule has 0 bridgehead atoms. The van der Waals surface area contributed by atoms with E-state index in [1.807, 2.05) is 11.0 Å². The molecule has 5 rings (SSSR count). The molecule has 2 heterocycles. The van der Waals surface area contributed by atoms with Gasteiger partial charge in [-0.25, -0.2) is 14.2 Å². The standard InChI is InChI=1S/C24H20ClFN2O4S/c25-14-4-5-20(32-11-21(29)30)18(9-14)22-23-19(27-12-33-23)6-7-28(22)24(31)17-10-16(17)13-2-1-3-15(26)8-13/h1-5,8-9,12,16-17,22H,6-7,10-11H2,(H,29,30)/t16-,17+,22?/m0/s1. The van der Waals surface area contributed by atoms with Gasteiger partial charge in [0.25, 0.3) is 0 Å². The molecule has 2 aliphatic rings. The van der Waals surface area contributed by atoms with Crippen LogP contribution in [0, 0.1) is 11.7 Å². The fourth-order valence-corrected chi connectivity index (χ4v) is 5.67. The number of aromatic nitrogens is 1. The van der Waals surface area contributed by atoms with E-state index in [0.29, 0.717) is 35.7 Å². The van der Waals surface area contributed by atoms with E-state index < -0.39 is 18.6 Å². The summed E-state index contributed by atoms with van der Waals surface area (Å²) in [5.41, 5.74) is 4.12. The van der Waals surface area contributed by atoms with E-state index in [2.05, 4.69) is 4.98 Å². The van der Waals surface area contributed by atoms with Crippen molar-refractivity contribution in [1.82, 2.24) is 9.88 Å².